The maximum atomic E-state index is 13.0. The molecule has 174 valence electrons. The van der Waals surface area contributed by atoms with Crippen LogP contribution < -0.4 is 5.32 Å². The summed E-state index contributed by atoms with van der Waals surface area (Å²) in [6.07, 6.45) is 4.35. The van der Waals surface area contributed by atoms with Crippen molar-refractivity contribution in [3.8, 4) is 0 Å². The summed E-state index contributed by atoms with van der Waals surface area (Å²) in [5.41, 5.74) is 2.87. The molecule has 0 aromatic heterocycles. The minimum absolute atomic E-state index is 0.0919. The Morgan fingerprint density at radius 3 is 2.18 bits per heavy atom. The molecule has 1 N–H and O–H groups in total. The molecule has 1 amide bonds. The van der Waals surface area contributed by atoms with Gasteiger partial charge in [0.1, 0.15) is 0 Å². The fraction of sp³-hybridized carbons (Fsp3) is 0.241. The van der Waals surface area contributed by atoms with Crippen molar-refractivity contribution in [2.45, 2.75) is 13.0 Å². The van der Waals surface area contributed by atoms with E-state index in [0.29, 0.717) is 16.8 Å². The molecule has 1 aliphatic rings. The molecule has 0 radical (unpaired) electrons. The van der Waals surface area contributed by atoms with Crippen LogP contribution in [0, 0.1) is 0 Å². The standard InChI is InChI=1S/C29H31N3O2/c1-23(32-21-19-31(20-22-32)18-10-13-24-11-4-2-5-12-24)29(34)30-27-17-9-8-16-26(27)28(33)25-14-6-3-7-15-25/h2-17,23H,18-22H2,1H3,(H,30,34)/b13-10+. The van der Waals surface area contributed by atoms with Crippen LogP contribution in [0.4, 0.5) is 5.69 Å². The highest BCUT2D eigenvalue weighted by Gasteiger charge is 2.26. The Kier molecular flexibility index (Phi) is 8.02. The number of carbonyl (C=O) groups is 2. The van der Waals surface area contributed by atoms with Crippen molar-refractivity contribution in [2.75, 3.05) is 38.0 Å². The van der Waals surface area contributed by atoms with Crippen molar-refractivity contribution >= 4 is 23.5 Å². The number of ketones is 1. The van der Waals surface area contributed by atoms with Gasteiger partial charge in [-0.15, -0.1) is 0 Å². The van der Waals surface area contributed by atoms with Crippen molar-refractivity contribution < 1.29 is 9.59 Å². The Morgan fingerprint density at radius 1 is 0.853 bits per heavy atom. The molecule has 1 saturated heterocycles. The van der Waals surface area contributed by atoms with E-state index in [9.17, 15) is 9.59 Å². The number of hydrogen-bond donors (Lipinski definition) is 1. The lowest BCUT2D eigenvalue weighted by Crippen LogP contribution is -2.52. The number of piperazine rings is 1. The summed E-state index contributed by atoms with van der Waals surface area (Å²) in [5.74, 6) is -0.188. The lowest BCUT2D eigenvalue weighted by Gasteiger charge is -2.37. The molecule has 1 atom stereocenters. The van der Waals surface area contributed by atoms with Gasteiger partial charge >= 0.3 is 0 Å². The molecule has 34 heavy (non-hydrogen) atoms. The monoisotopic (exact) mass is 453 g/mol. The van der Waals surface area contributed by atoms with E-state index in [-0.39, 0.29) is 17.7 Å². The van der Waals surface area contributed by atoms with Crippen LogP contribution in [0.25, 0.3) is 6.08 Å². The van der Waals surface area contributed by atoms with Crippen LogP contribution >= 0.6 is 0 Å². The lowest BCUT2D eigenvalue weighted by molar-refractivity contribution is -0.121. The van der Waals surface area contributed by atoms with Gasteiger partial charge in [0.15, 0.2) is 5.78 Å². The molecular formula is C29H31N3O2. The predicted octanol–water partition coefficient (Wildman–Crippen LogP) is 4.58. The van der Waals surface area contributed by atoms with Gasteiger partial charge in [0.05, 0.1) is 11.7 Å². The van der Waals surface area contributed by atoms with Gasteiger partial charge in [-0.2, -0.15) is 0 Å². The molecule has 3 aromatic rings. The molecule has 1 aliphatic heterocycles. The Morgan fingerprint density at radius 2 is 1.47 bits per heavy atom. The van der Waals surface area contributed by atoms with Crippen LogP contribution in [-0.2, 0) is 4.79 Å². The Bertz CT molecular complexity index is 1120. The molecule has 4 rings (SSSR count). The topological polar surface area (TPSA) is 52.7 Å². The predicted molar refractivity (Wildman–Crippen MR) is 138 cm³/mol. The Hall–Kier alpha value is -3.54. The van der Waals surface area contributed by atoms with Crippen LogP contribution in [0.1, 0.15) is 28.4 Å². The number of hydrogen-bond acceptors (Lipinski definition) is 4. The number of para-hydroxylation sites is 1. The molecule has 5 heteroatoms. The fourth-order valence-corrected chi connectivity index (χ4v) is 4.17. The third kappa shape index (κ3) is 6.07. The number of amides is 1. The fourth-order valence-electron chi connectivity index (χ4n) is 4.17. The van der Waals surface area contributed by atoms with Gasteiger partial charge in [-0.1, -0.05) is 84.9 Å². The summed E-state index contributed by atoms with van der Waals surface area (Å²) >= 11 is 0. The van der Waals surface area contributed by atoms with Crippen LogP contribution in [-0.4, -0.2) is 60.3 Å². The number of rotatable bonds is 8. The van der Waals surface area contributed by atoms with E-state index in [1.54, 1.807) is 24.3 Å². The molecule has 0 saturated carbocycles. The number of anilines is 1. The molecule has 0 aliphatic carbocycles. The normalized spacial score (nSPS) is 15.8. The van der Waals surface area contributed by atoms with E-state index >= 15 is 0 Å². The second-order valence-electron chi connectivity index (χ2n) is 8.56. The minimum atomic E-state index is -0.276. The molecular weight excluding hydrogens is 422 g/mol. The van der Waals surface area contributed by atoms with Crippen molar-refractivity contribution in [1.82, 2.24) is 9.80 Å². The van der Waals surface area contributed by atoms with E-state index in [4.69, 9.17) is 0 Å². The highest BCUT2D eigenvalue weighted by atomic mass is 16.2. The first-order valence-electron chi connectivity index (χ1n) is 11.8. The SMILES string of the molecule is CC(C(=O)Nc1ccccc1C(=O)c1ccccc1)N1CCN(C/C=C/c2ccccc2)CC1. The Labute approximate surface area is 201 Å². The van der Waals surface area contributed by atoms with Gasteiger partial charge < -0.3 is 5.32 Å². The van der Waals surface area contributed by atoms with Gasteiger partial charge in [-0.3, -0.25) is 19.4 Å². The van der Waals surface area contributed by atoms with Crippen LogP contribution in [0.2, 0.25) is 0 Å². The van der Waals surface area contributed by atoms with Crippen LogP contribution in [0.15, 0.2) is 91.0 Å². The number of carbonyl (C=O) groups excluding carboxylic acids is 2. The zero-order valence-electron chi connectivity index (χ0n) is 19.6. The van der Waals surface area contributed by atoms with Crippen molar-refractivity contribution in [2.24, 2.45) is 0 Å². The van der Waals surface area contributed by atoms with Crippen molar-refractivity contribution in [3.63, 3.8) is 0 Å². The average molecular weight is 454 g/mol. The molecule has 1 unspecified atom stereocenters. The highest BCUT2D eigenvalue weighted by molar-refractivity contribution is 6.14. The molecule has 3 aromatic carbocycles. The quantitative estimate of drug-likeness (QED) is 0.508. The summed E-state index contributed by atoms with van der Waals surface area (Å²) in [6.45, 7) is 6.33. The summed E-state index contributed by atoms with van der Waals surface area (Å²) in [6, 6.07) is 26.4. The third-order valence-corrected chi connectivity index (χ3v) is 6.27. The molecule has 5 nitrogen and oxygen atoms in total. The zero-order valence-corrected chi connectivity index (χ0v) is 19.6. The van der Waals surface area contributed by atoms with Crippen molar-refractivity contribution in [3.05, 3.63) is 108 Å². The van der Waals surface area contributed by atoms with Crippen LogP contribution in [0.3, 0.4) is 0 Å². The molecule has 1 heterocycles. The van der Waals surface area contributed by atoms with E-state index in [1.807, 2.05) is 55.5 Å². The first kappa shape index (κ1) is 23.6. The van der Waals surface area contributed by atoms with E-state index < -0.39 is 0 Å². The second kappa shape index (κ2) is 11.5. The Balaban J connectivity index is 1.31. The van der Waals surface area contributed by atoms with Crippen LogP contribution in [0.5, 0.6) is 0 Å². The van der Waals surface area contributed by atoms with Gasteiger partial charge in [-0.05, 0) is 24.6 Å². The third-order valence-electron chi connectivity index (χ3n) is 6.27. The van der Waals surface area contributed by atoms with Gasteiger partial charge in [-0.25, -0.2) is 0 Å². The summed E-state index contributed by atoms with van der Waals surface area (Å²) in [7, 11) is 0. The van der Waals surface area contributed by atoms with E-state index in [2.05, 4.69) is 39.4 Å². The number of benzene rings is 3. The number of nitrogens with one attached hydrogen (secondary N) is 1. The van der Waals surface area contributed by atoms with E-state index in [1.165, 1.54) is 5.56 Å². The molecule has 0 bridgehead atoms. The first-order chi connectivity index (χ1) is 16.6. The summed E-state index contributed by atoms with van der Waals surface area (Å²) in [5, 5.41) is 3.00. The minimum Gasteiger partial charge on any atom is -0.324 e. The van der Waals surface area contributed by atoms with Gasteiger partial charge in [0, 0.05) is 43.9 Å². The zero-order chi connectivity index (χ0) is 23.8. The second-order valence-corrected chi connectivity index (χ2v) is 8.56. The van der Waals surface area contributed by atoms with E-state index in [0.717, 1.165) is 32.7 Å². The number of nitrogens with zero attached hydrogens (tertiary/aromatic N) is 2. The molecule has 0 spiro atoms. The summed E-state index contributed by atoms with van der Waals surface area (Å²) in [4.78, 5) is 30.6. The average Bonchev–Trinajstić information content (AvgIpc) is 2.90. The maximum absolute atomic E-state index is 13.0. The summed E-state index contributed by atoms with van der Waals surface area (Å²) < 4.78 is 0. The maximum Gasteiger partial charge on any atom is 0.241 e. The van der Waals surface area contributed by atoms with Gasteiger partial charge in [0.2, 0.25) is 5.91 Å². The molecule has 1 fully saturated rings. The largest absolute Gasteiger partial charge is 0.324 e. The first-order valence-corrected chi connectivity index (χ1v) is 11.8. The highest BCUT2D eigenvalue weighted by Crippen LogP contribution is 2.20. The smallest absolute Gasteiger partial charge is 0.241 e. The lowest BCUT2D eigenvalue weighted by atomic mass is 10.0. The van der Waals surface area contributed by atoms with Crippen molar-refractivity contribution in [1.29, 1.82) is 0 Å². The van der Waals surface area contributed by atoms with Gasteiger partial charge in [0.25, 0.3) is 0 Å².